The van der Waals surface area contributed by atoms with E-state index in [1.165, 1.54) is 18.0 Å². The number of rotatable bonds is 6. The molecule has 0 spiro atoms. The second-order valence-corrected chi connectivity index (χ2v) is 7.33. The average molecular weight is 410 g/mol. The molecule has 4 aromatic rings. The number of nitrogens with zero attached hydrogens (tertiary/aromatic N) is 4. The van der Waals surface area contributed by atoms with Crippen LogP contribution in [-0.4, -0.2) is 71.3 Å². The van der Waals surface area contributed by atoms with Gasteiger partial charge >= 0.3 is 0 Å². The first-order valence-corrected chi connectivity index (χ1v) is 9.76. The van der Waals surface area contributed by atoms with Crippen LogP contribution in [0.15, 0.2) is 43.0 Å². The Morgan fingerprint density at radius 1 is 1.13 bits per heavy atom. The summed E-state index contributed by atoms with van der Waals surface area (Å²) < 4.78 is 7.13. The van der Waals surface area contributed by atoms with Crippen LogP contribution in [0.5, 0.6) is 0 Å². The smallest absolute Gasteiger partial charge is 0.167 e. The van der Waals surface area contributed by atoms with E-state index < -0.39 is 31.1 Å². The lowest BCUT2D eigenvalue weighted by molar-refractivity contribution is -0.0511. The summed E-state index contributed by atoms with van der Waals surface area (Å²) in [7, 11) is 0. The molecule has 1 aliphatic heterocycles. The van der Waals surface area contributed by atoms with Crippen molar-refractivity contribution in [2.45, 2.75) is 31.0 Å². The van der Waals surface area contributed by atoms with E-state index in [9.17, 15) is 15.3 Å². The largest absolute Gasteiger partial charge is 0.394 e. The predicted octanol–water partition coefficient (Wildman–Crippen LogP) is 0.574. The summed E-state index contributed by atoms with van der Waals surface area (Å²) in [6, 6.07) is 10.3. The third kappa shape index (κ3) is 3.19. The summed E-state index contributed by atoms with van der Waals surface area (Å²) >= 11 is 0. The summed E-state index contributed by atoms with van der Waals surface area (Å²) in [5.74, 6) is 0.571. The van der Waals surface area contributed by atoms with Crippen LogP contribution in [0.4, 0.5) is 5.82 Å². The first-order chi connectivity index (χ1) is 14.7. The number of hydrogen-bond acceptors (Lipinski definition) is 8. The van der Waals surface area contributed by atoms with E-state index in [-0.39, 0.29) is 0 Å². The highest BCUT2D eigenvalue weighted by atomic mass is 16.6. The number of aromatic nitrogens is 5. The van der Waals surface area contributed by atoms with Crippen LogP contribution in [0.25, 0.3) is 22.1 Å². The number of H-pyrrole nitrogens is 1. The topological polar surface area (TPSA) is 141 Å². The fourth-order valence-electron chi connectivity index (χ4n) is 3.86. The van der Waals surface area contributed by atoms with Crippen LogP contribution in [0.2, 0.25) is 0 Å². The number of aromatic amines is 1. The molecule has 156 valence electrons. The third-order valence-electron chi connectivity index (χ3n) is 5.42. The van der Waals surface area contributed by atoms with Crippen LogP contribution in [0.1, 0.15) is 11.9 Å². The van der Waals surface area contributed by atoms with Crippen LogP contribution < -0.4 is 5.32 Å². The molecule has 4 heterocycles. The van der Waals surface area contributed by atoms with Gasteiger partial charge in [0.2, 0.25) is 0 Å². The number of benzene rings is 1. The Morgan fingerprint density at radius 3 is 2.80 bits per heavy atom. The molecule has 0 amide bonds. The number of fused-ring (bicyclic) bond motifs is 2. The van der Waals surface area contributed by atoms with Crippen molar-refractivity contribution in [3.05, 3.63) is 48.7 Å². The van der Waals surface area contributed by atoms with Gasteiger partial charge in [0.15, 0.2) is 23.2 Å². The van der Waals surface area contributed by atoms with Crippen molar-refractivity contribution in [1.82, 2.24) is 24.5 Å². The predicted molar refractivity (Wildman–Crippen MR) is 109 cm³/mol. The number of hydrogen-bond donors (Lipinski definition) is 5. The van der Waals surface area contributed by atoms with Crippen molar-refractivity contribution >= 4 is 27.9 Å². The number of nitrogens with one attached hydrogen (secondary N) is 2. The molecule has 1 fully saturated rings. The zero-order valence-electron chi connectivity index (χ0n) is 16.0. The van der Waals surface area contributed by atoms with Gasteiger partial charge < -0.3 is 30.4 Å². The molecular weight excluding hydrogens is 388 g/mol. The van der Waals surface area contributed by atoms with E-state index >= 15 is 0 Å². The summed E-state index contributed by atoms with van der Waals surface area (Å²) in [4.78, 5) is 16.3. The number of aliphatic hydroxyl groups is 3. The summed E-state index contributed by atoms with van der Waals surface area (Å²) in [5, 5.41) is 34.1. The fraction of sp³-hybridized carbons (Fsp3) is 0.350. The van der Waals surface area contributed by atoms with Crippen LogP contribution in [-0.2, 0) is 11.2 Å². The van der Waals surface area contributed by atoms with E-state index in [0.717, 1.165) is 17.6 Å². The van der Waals surface area contributed by atoms with E-state index in [1.54, 1.807) is 4.57 Å². The molecule has 10 heteroatoms. The summed E-state index contributed by atoms with van der Waals surface area (Å²) in [5.41, 5.74) is 3.22. The molecule has 1 saturated heterocycles. The lowest BCUT2D eigenvalue weighted by Crippen LogP contribution is -2.33. The van der Waals surface area contributed by atoms with Crippen LogP contribution in [0, 0.1) is 0 Å². The van der Waals surface area contributed by atoms with E-state index in [2.05, 4.69) is 37.4 Å². The average Bonchev–Trinajstić information content (AvgIpc) is 3.44. The molecule has 5 rings (SSSR count). The van der Waals surface area contributed by atoms with Gasteiger partial charge in [0, 0.05) is 24.2 Å². The molecule has 0 aliphatic carbocycles. The van der Waals surface area contributed by atoms with Crippen LogP contribution >= 0.6 is 0 Å². The molecule has 0 bridgehead atoms. The lowest BCUT2D eigenvalue weighted by Gasteiger charge is -2.16. The molecular formula is C20H22N6O4. The van der Waals surface area contributed by atoms with Gasteiger partial charge in [-0.2, -0.15) is 0 Å². The Balaban J connectivity index is 1.33. The van der Waals surface area contributed by atoms with Crippen molar-refractivity contribution in [1.29, 1.82) is 0 Å². The minimum Gasteiger partial charge on any atom is -0.394 e. The highest BCUT2D eigenvalue weighted by Gasteiger charge is 2.44. The van der Waals surface area contributed by atoms with Gasteiger partial charge in [-0.05, 0) is 17.5 Å². The highest BCUT2D eigenvalue weighted by Crippen LogP contribution is 2.32. The maximum Gasteiger partial charge on any atom is 0.167 e. The fourth-order valence-corrected chi connectivity index (χ4v) is 3.86. The second kappa shape index (κ2) is 7.65. The van der Waals surface area contributed by atoms with Gasteiger partial charge in [-0.1, -0.05) is 18.2 Å². The minimum absolute atomic E-state index is 0.392. The van der Waals surface area contributed by atoms with Gasteiger partial charge in [0.25, 0.3) is 0 Å². The number of para-hydroxylation sites is 1. The number of ether oxygens (including phenoxy) is 1. The minimum atomic E-state index is -1.20. The SMILES string of the molecule is OC[C@H]1O[C@@H](n2cnc3c(NCCc4cc5ccccc5[nH]4)ncnc32)C(O)[C@H]1O. The van der Waals surface area contributed by atoms with Gasteiger partial charge in [-0.15, -0.1) is 0 Å². The third-order valence-corrected chi connectivity index (χ3v) is 5.42. The molecule has 4 atom stereocenters. The maximum absolute atomic E-state index is 10.3. The number of anilines is 1. The van der Waals surface area contributed by atoms with Crippen molar-refractivity contribution in [2.24, 2.45) is 0 Å². The van der Waals surface area contributed by atoms with Crippen molar-refractivity contribution in [3.63, 3.8) is 0 Å². The van der Waals surface area contributed by atoms with Crippen LogP contribution in [0.3, 0.4) is 0 Å². The molecule has 0 saturated carbocycles. The Bertz CT molecular complexity index is 1140. The Hall–Kier alpha value is -3.05. The lowest BCUT2D eigenvalue weighted by atomic mass is 10.1. The van der Waals surface area contributed by atoms with E-state index in [1.807, 2.05) is 18.2 Å². The molecule has 0 radical (unpaired) electrons. The maximum atomic E-state index is 10.3. The molecule has 1 aromatic carbocycles. The van der Waals surface area contributed by atoms with Crippen molar-refractivity contribution in [2.75, 3.05) is 18.5 Å². The van der Waals surface area contributed by atoms with Gasteiger partial charge in [-0.25, -0.2) is 15.0 Å². The molecule has 30 heavy (non-hydrogen) atoms. The Labute approximate surface area is 171 Å². The van der Waals surface area contributed by atoms with E-state index in [4.69, 9.17) is 4.74 Å². The monoisotopic (exact) mass is 410 g/mol. The summed E-state index contributed by atoms with van der Waals surface area (Å²) in [6.07, 6.45) is -0.471. The number of aliphatic hydroxyl groups excluding tert-OH is 3. The molecule has 1 aliphatic rings. The number of imidazole rings is 1. The first kappa shape index (κ1) is 18.9. The Morgan fingerprint density at radius 2 is 2.00 bits per heavy atom. The highest BCUT2D eigenvalue weighted by molar-refractivity contribution is 5.83. The Kier molecular flexibility index (Phi) is 4.83. The molecule has 5 N–H and O–H groups in total. The molecule has 10 nitrogen and oxygen atoms in total. The van der Waals surface area contributed by atoms with Gasteiger partial charge in [0.1, 0.15) is 24.6 Å². The normalized spacial score (nSPS) is 24.1. The summed E-state index contributed by atoms with van der Waals surface area (Å²) in [6.45, 7) is 0.247. The molecule has 1 unspecified atom stereocenters. The second-order valence-electron chi connectivity index (χ2n) is 7.33. The zero-order chi connectivity index (χ0) is 20.7. The van der Waals surface area contributed by atoms with E-state index in [0.29, 0.717) is 23.5 Å². The van der Waals surface area contributed by atoms with Gasteiger partial charge in [0.05, 0.1) is 12.9 Å². The standard InChI is InChI=1S/C20H22N6O4/c27-8-14-16(28)17(29)20(30-14)26-10-24-15-18(22-9-23-19(15)26)21-6-5-12-7-11-3-1-2-4-13(11)25-12/h1-4,7,9-10,14,16-17,20,25,27-29H,5-6,8H2,(H,21,22,23)/t14-,16+,17?,20-/m1/s1. The first-order valence-electron chi connectivity index (χ1n) is 9.76. The van der Waals surface area contributed by atoms with Gasteiger partial charge in [-0.3, -0.25) is 4.57 Å². The van der Waals surface area contributed by atoms with Crippen molar-refractivity contribution in [3.8, 4) is 0 Å². The van der Waals surface area contributed by atoms with Crippen molar-refractivity contribution < 1.29 is 20.1 Å². The zero-order valence-corrected chi connectivity index (χ0v) is 16.0. The molecule has 3 aromatic heterocycles. The quantitative estimate of drug-likeness (QED) is 0.311.